The van der Waals surface area contributed by atoms with Crippen LogP contribution in [0.4, 0.5) is 5.69 Å². The molecular formula is C14H12ClNO4S. The summed E-state index contributed by atoms with van der Waals surface area (Å²) < 4.78 is 27.8. The highest BCUT2D eigenvalue weighted by molar-refractivity contribution is 8.13. The number of rotatable bonds is 4. The highest BCUT2D eigenvalue weighted by Gasteiger charge is 2.09. The Bertz CT molecular complexity index is 740. The van der Waals surface area contributed by atoms with Crippen molar-refractivity contribution in [1.82, 2.24) is 0 Å². The van der Waals surface area contributed by atoms with Crippen molar-refractivity contribution >= 4 is 31.3 Å². The van der Waals surface area contributed by atoms with Gasteiger partial charge in [-0.25, -0.2) is 8.42 Å². The van der Waals surface area contributed by atoms with E-state index in [-0.39, 0.29) is 10.8 Å². The van der Waals surface area contributed by atoms with Crippen molar-refractivity contribution in [3.63, 3.8) is 0 Å². The molecule has 2 rings (SSSR count). The van der Waals surface area contributed by atoms with Gasteiger partial charge < -0.3 is 10.1 Å². The Hall–Kier alpha value is -2.05. The van der Waals surface area contributed by atoms with E-state index in [2.05, 4.69) is 5.32 Å². The summed E-state index contributed by atoms with van der Waals surface area (Å²) in [7, 11) is 1.49. The van der Waals surface area contributed by atoms with Crippen LogP contribution in [0, 0.1) is 0 Å². The smallest absolute Gasteiger partial charge is 0.261 e. The van der Waals surface area contributed by atoms with E-state index in [0.29, 0.717) is 17.2 Å². The lowest BCUT2D eigenvalue weighted by molar-refractivity contribution is -0.114. The lowest BCUT2D eigenvalue weighted by Gasteiger charge is -2.07. The van der Waals surface area contributed by atoms with Crippen LogP contribution >= 0.6 is 10.7 Å². The van der Waals surface area contributed by atoms with Gasteiger partial charge in [0.1, 0.15) is 11.5 Å². The van der Waals surface area contributed by atoms with Crippen molar-refractivity contribution in [2.24, 2.45) is 0 Å². The SMILES string of the molecule is CC(=O)Nc1ccc(Oc2ccc(S(=O)(=O)Cl)cc2)cc1. The molecule has 1 N–H and O–H groups in total. The maximum atomic E-state index is 11.1. The third-order valence-electron chi connectivity index (χ3n) is 2.52. The molecule has 0 radical (unpaired) electrons. The predicted octanol–water partition coefficient (Wildman–Crippen LogP) is 3.36. The zero-order valence-corrected chi connectivity index (χ0v) is 12.6. The molecule has 1 amide bonds. The Morgan fingerprint density at radius 3 is 1.90 bits per heavy atom. The van der Waals surface area contributed by atoms with Gasteiger partial charge in [-0.1, -0.05) is 0 Å². The molecule has 0 atom stereocenters. The van der Waals surface area contributed by atoms with Gasteiger partial charge in [0.2, 0.25) is 5.91 Å². The molecule has 0 saturated carbocycles. The van der Waals surface area contributed by atoms with Crippen LogP contribution in [0.25, 0.3) is 0 Å². The topological polar surface area (TPSA) is 72.5 Å². The van der Waals surface area contributed by atoms with Crippen LogP contribution in [-0.4, -0.2) is 14.3 Å². The molecule has 2 aromatic rings. The zero-order chi connectivity index (χ0) is 15.5. The molecule has 0 aromatic heterocycles. The lowest BCUT2D eigenvalue weighted by atomic mass is 10.3. The summed E-state index contributed by atoms with van der Waals surface area (Å²) in [6, 6.07) is 12.5. The molecule has 0 fully saturated rings. The Balaban J connectivity index is 2.09. The normalized spacial score (nSPS) is 11.0. The summed E-state index contributed by atoms with van der Waals surface area (Å²) in [4.78, 5) is 10.9. The van der Waals surface area contributed by atoms with E-state index in [9.17, 15) is 13.2 Å². The fourth-order valence-corrected chi connectivity index (χ4v) is 2.39. The minimum Gasteiger partial charge on any atom is -0.457 e. The van der Waals surface area contributed by atoms with E-state index < -0.39 is 9.05 Å². The molecule has 0 heterocycles. The molecule has 0 unspecified atom stereocenters. The quantitative estimate of drug-likeness (QED) is 0.875. The van der Waals surface area contributed by atoms with E-state index in [1.807, 2.05) is 0 Å². The average molecular weight is 326 g/mol. The van der Waals surface area contributed by atoms with Gasteiger partial charge in [-0.3, -0.25) is 4.79 Å². The Morgan fingerprint density at radius 1 is 1.00 bits per heavy atom. The van der Waals surface area contributed by atoms with E-state index in [1.165, 1.54) is 31.2 Å². The highest BCUT2D eigenvalue weighted by atomic mass is 35.7. The summed E-state index contributed by atoms with van der Waals surface area (Å²) in [6.45, 7) is 1.43. The van der Waals surface area contributed by atoms with Gasteiger partial charge in [0, 0.05) is 23.3 Å². The number of hydrogen-bond acceptors (Lipinski definition) is 4. The molecule has 7 heteroatoms. The first-order chi connectivity index (χ1) is 9.84. The van der Waals surface area contributed by atoms with Gasteiger partial charge in [0.05, 0.1) is 4.90 Å². The number of amides is 1. The number of nitrogens with one attached hydrogen (secondary N) is 1. The number of benzene rings is 2. The number of hydrogen-bond donors (Lipinski definition) is 1. The molecule has 110 valence electrons. The Labute approximate surface area is 126 Å². The first-order valence-corrected chi connectivity index (χ1v) is 8.26. The van der Waals surface area contributed by atoms with Crippen molar-refractivity contribution in [2.75, 3.05) is 5.32 Å². The molecule has 0 aliphatic rings. The highest BCUT2D eigenvalue weighted by Crippen LogP contribution is 2.25. The zero-order valence-electron chi connectivity index (χ0n) is 11.0. The monoisotopic (exact) mass is 325 g/mol. The van der Waals surface area contributed by atoms with Gasteiger partial charge in [-0.15, -0.1) is 0 Å². The fourth-order valence-electron chi connectivity index (χ4n) is 1.62. The number of carbonyl (C=O) groups excluding carboxylic acids is 1. The average Bonchev–Trinajstić information content (AvgIpc) is 2.40. The van der Waals surface area contributed by atoms with Gasteiger partial charge in [0.15, 0.2) is 0 Å². The van der Waals surface area contributed by atoms with Crippen LogP contribution in [-0.2, 0) is 13.8 Å². The van der Waals surface area contributed by atoms with E-state index in [0.717, 1.165) is 0 Å². The van der Waals surface area contributed by atoms with Crippen LogP contribution in [0.2, 0.25) is 0 Å². The maximum absolute atomic E-state index is 11.1. The van der Waals surface area contributed by atoms with E-state index >= 15 is 0 Å². The molecule has 2 aromatic carbocycles. The Morgan fingerprint density at radius 2 is 1.48 bits per heavy atom. The molecule has 21 heavy (non-hydrogen) atoms. The van der Waals surface area contributed by atoms with Crippen molar-refractivity contribution in [1.29, 1.82) is 0 Å². The maximum Gasteiger partial charge on any atom is 0.261 e. The summed E-state index contributed by atoms with van der Waals surface area (Å²) >= 11 is 0. The third kappa shape index (κ3) is 4.47. The second kappa shape index (κ2) is 6.15. The predicted molar refractivity (Wildman–Crippen MR) is 80.3 cm³/mol. The molecule has 0 bridgehead atoms. The minimum absolute atomic E-state index is 0.0116. The Kier molecular flexibility index (Phi) is 4.50. The molecule has 0 spiro atoms. The van der Waals surface area contributed by atoms with Gasteiger partial charge in [0.25, 0.3) is 9.05 Å². The van der Waals surface area contributed by atoms with Crippen molar-refractivity contribution in [3.05, 3.63) is 48.5 Å². The second-order valence-corrected chi connectivity index (χ2v) is 6.78. The van der Waals surface area contributed by atoms with Crippen LogP contribution in [0.1, 0.15) is 6.92 Å². The third-order valence-corrected chi connectivity index (χ3v) is 3.89. The summed E-state index contributed by atoms with van der Waals surface area (Å²) in [5.41, 5.74) is 0.665. The van der Waals surface area contributed by atoms with Gasteiger partial charge in [-0.2, -0.15) is 0 Å². The van der Waals surface area contributed by atoms with Crippen molar-refractivity contribution in [3.8, 4) is 11.5 Å². The molecular weight excluding hydrogens is 314 g/mol. The van der Waals surface area contributed by atoms with Crippen molar-refractivity contribution in [2.45, 2.75) is 11.8 Å². The first-order valence-electron chi connectivity index (χ1n) is 5.95. The largest absolute Gasteiger partial charge is 0.457 e. The number of halogens is 1. The molecule has 0 aliphatic carbocycles. The summed E-state index contributed by atoms with van der Waals surface area (Å²) in [6.07, 6.45) is 0. The van der Waals surface area contributed by atoms with Crippen molar-refractivity contribution < 1.29 is 17.9 Å². The van der Waals surface area contributed by atoms with Crippen LogP contribution in [0.3, 0.4) is 0 Å². The first kappa shape index (κ1) is 15.3. The minimum atomic E-state index is -3.73. The lowest BCUT2D eigenvalue weighted by Crippen LogP contribution is -2.05. The van der Waals surface area contributed by atoms with Crippen LogP contribution in [0.15, 0.2) is 53.4 Å². The fraction of sp³-hybridized carbons (Fsp3) is 0.0714. The van der Waals surface area contributed by atoms with E-state index in [1.54, 1.807) is 24.3 Å². The number of carbonyl (C=O) groups is 1. The van der Waals surface area contributed by atoms with Gasteiger partial charge in [-0.05, 0) is 48.5 Å². The van der Waals surface area contributed by atoms with Crippen LogP contribution in [0.5, 0.6) is 11.5 Å². The molecule has 5 nitrogen and oxygen atoms in total. The number of anilines is 1. The van der Waals surface area contributed by atoms with E-state index in [4.69, 9.17) is 15.4 Å². The molecule has 0 saturated heterocycles. The summed E-state index contributed by atoms with van der Waals surface area (Å²) in [5, 5.41) is 2.64. The second-order valence-electron chi connectivity index (χ2n) is 4.22. The number of ether oxygens (including phenoxy) is 1. The standard InChI is InChI=1S/C14H12ClNO4S/c1-10(17)16-11-2-4-12(5-3-11)20-13-6-8-14(9-7-13)21(15,18)19/h2-9H,1H3,(H,16,17). The van der Waals surface area contributed by atoms with Gasteiger partial charge >= 0.3 is 0 Å². The van der Waals surface area contributed by atoms with Crippen LogP contribution < -0.4 is 10.1 Å². The molecule has 0 aliphatic heterocycles. The summed E-state index contributed by atoms with van der Waals surface area (Å²) in [5.74, 6) is 0.887.